The quantitative estimate of drug-likeness (QED) is 0.495. The van der Waals surface area contributed by atoms with E-state index in [1.807, 2.05) is 41.9 Å². The number of hydrogen-bond donors (Lipinski definition) is 3. The Labute approximate surface area is 182 Å². The Hall–Kier alpha value is -2.28. The number of aliphatic hydroxyl groups is 1. The maximum Gasteiger partial charge on any atom is 0.327 e. The number of aryl methyl sites for hydroxylation is 1. The molecule has 164 valence electrons. The molecule has 7 nitrogen and oxygen atoms in total. The van der Waals surface area contributed by atoms with Crippen LogP contribution in [-0.4, -0.2) is 37.9 Å². The first-order valence-corrected chi connectivity index (χ1v) is 11.4. The minimum Gasteiger partial charge on any atom is -0.497 e. The second-order valence-corrected chi connectivity index (χ2v) is 8.70. The van der Waals surface area contributed by atoms with Gasteiger partial charge in [0.25, 0.3) is 0 Å². The van der Waals surface area contributed by atoms with Gasteiger partial charge in [-0.15, -0.1) is 0 Å². The molecule has 0 amide bonds. The van der Waals surface area contributed by atoms with Gasteiger partial charge in [-0.1, -0.05) is 29.8 Å². The summed E-state index contributed by atoms with van der Waals surface area (Å²) in [5.41, 5.74) is 3.45. The Morgan fingerprint density at radius 2 is 1.68 bits per heavy atom. The van der Waals surface area contributed by atoms with Crippen LogP contribution < -0.4 is 4.74 Å². The fraction of sp³-hybridized carbons (Fsp3) is 0.348. The zero-order valence-electron chi connectivity index (χ0n) is 17.6. The first-order chi connectivity index (χ1) is 14.9. The van der Waals surface area contributed by atoms with Crippen LogP contribution in [0, 0.1) is 6.92 Å². The Kier molecular flexibility index (Phi) is 6.42. The molecule has 4 rings (SSSR count). The van der Waals surface area contributed by atoms with Gasteiger partial charge in [0.05, 0.1) is 30.3 Å². The molecule has 3 aromatic rings. The molecule has 8 heteroatoms. The number of aromatic nitrogens is 2. The summed E-state index contributed by atoms with van der Waals surface area (Å²) in [5, 5.41) is 16.2. The van der Waals surface area contributed by atoms with E-state index in [2.05, 4.69) is 24.3 Å². The van der Waals surface area contributed by atoms with Crippen molar-refractivity contribution in [1.82, 2.24) is 9.78 Å². The van der Waals surface area contributed by atoms with Gasteiger partial charge < -0.3 is 24.2 Å². The van der Waals surface area contributed by atoms with Gasteiger partial charge in [0.15, 0.2) is 0 Å². The van der Waals surface area contributed by atoms with Crippen LogP contribution in [0.3, 0.4) is 0 Å². The molecular weight excluding hydrogens is 415 g/mol. The number of benzene rings is 2. The van der Waals surface area contributed by atoms with Crippen molar-refractivity contribution in [2.75, 3.05) is 7.11 Å². The van der Waals surface area contributed by atoms with Crippen LogP contribution in [0.2, 0.25) is 0 Å². The van der Waals surface area contributed by atoms with E-state index < -0.39 is 14.2 Å². The lowest BCUT2D eigenvalue weighted by Crippen LogP contribution is -2.34. The average Bonchev–Trinajstić information content (AvgIpc) is 3.22. The summed E-state index contributed by atoms with van der Waals surface area (Å²) in [6, 6.07) is 17.8. The van der Waals surface area contributed by atoms with Gasteiger partial charge in [0.1, 0.15) is 11.4 Å². The van der Waals surface area contributed by atoms with Crippen molar-refractivity contribution in [2.45, 2.75) is 44.3 Å². The fourth-order valence-electron chi connectivity index (χ4n) is 4.02. The number of rotatable bonds is 6. The highest BCUT2D eigenvalue weighted by Gasteiger charge is 2.38. The molecular formula is C23H27N2O5P. The predicted octanol–water partition coefficient (Wildman–Crippen LogP) is 4.21. The smallest absolute Gasteiger partial charge is 0.327 e. The molecule has 2 aromatic carbocycles. The standard InChI is InChI=1S/C23H27N2O5P/c1-16-3-5-17(6-4-16)21-15-22(23(26)13-11-20(12-14-23)30-31(27)28)24-25(21)18-7-9-19(29-2)10-8-18/h3-10,15,20,26-28H,11-14H2,1-2H3. The van der Waals surface area contributed by atoms with Gasteiger partial charge in [-0.25, -0.2) is 4.68 Å². The van der Waals surface area contributed by atoms with E-state index in [0.717, 1.165) is 22.7 Å². The Morgan fingerprint density at radius 1 is 1.03 bits per heavy atom. The molecule has 1 saturated carbocycles. The maximum atomic E-state index is 11.4. The van der Waals surface area contributed by atoms with Crippen LogP contribution in [0.4, 0.5) is 0 Å². The molecule has 1 heterocycles. The van der Waals surface area contributed by atoms with Crippen molar-refractivity contribution in [2.24, 2.45) is 0 Å². The minimum absolute atomic E-state index is 0.262. The molecule has 1 aliphatic rings. The number of methoxy groups -OCH3 is 1. The second kappa shape index (κ2) is 9.07. The van der Waals surface area contributed by atoms with Crippen LogP contribution in [-0.2, 0) is 10.1 Å². The summed E-state index contributed by atoms with van der Waals surface area (Å²) < 4.78 is 12.3. The lowest BCUT2D eigenvalue weighted by molar-refractivity contribution is -0.0355. The van der Waals surface area contributed by atoms with E-state index >= 15 is 0 Å². The zero-order valence-corrected chi connectivity index (χ0v) is 18.5. The van der Waals surface area contributed by atoms with E-state index in [4.69, 9.17) is 24.1 Å². The third kappa shape index (κ3) is 4.81. The van der Waals surface area contributed by atoms with E-state index in [9.17, 15) is 5.11 Å². The predicted molar refractivity (Wildman–Crippen MR) is 119 cm³/mol. The number of hydrogen-bond acceptors (Lipinski definition) is 6. The summed E-state index contributed by atoms with van der Waals surface area (Å²) in [5.74, 6) is 0.762. The van der Waals surface area contributed by atoms with Crippen LogP contribution in [0.5, 0.6) is 5.75 Å². The van der Waals surface area contributed by atoms with E-state index in [1.165, 1.54) is 5.56 Å². The fourth-order valence-corrected chi connectivity index (χ4v) is 4.50. The third-order valence-corrected chi connectivity index (χ3v) is 6.34. The molecule has 1 aliphatic carbocycles. The minimum atomic E-state index is -2.39. The van der Waals surface area contributed by atoms with E-state index in [0.29, 0.717) is 31.4 Å². The van der Waals surface area contributed by atoms with Gasteiger partial charge in [0.2, 0.25) is 0 Å². The molecule has 0 radical (unpaired) electrons. The Bertz CT molecular complexity index is 1010. The molecule has 0 atom stereocenters. The molecule has 1 aromatic heterocycles. The monoisotopic (exact) mass is 442 g/mol. The molecule has 3 N–H and O–H groups in total. The lowest BCUT2D eigenvalue weighted by atomic mass is 9.81. The van der Waals surface area contributed by atoms with Gasteiger partial charge >= 0.3 is 8.60 Å². The third-order valence-electron chi connectivity index (χ3n) is 5.85. The summed E-state index contributed by atoms with van der Waals surface area (Å²) >= 11 is 0. The molecule has 1 fully saturated rings. The Morgan fingerprint density at radius 3 is 2.26 bits per heavy atom. The highest BCUT2D eigenvalue weighted by molar-refractivity contribution is 7.39. The highest BCUT2D eigenvalue weighted by atomic mass is 31.2. The highest BCUT2D eigenvalue weighted by Crippen LogP contribution is 2.42. The van der Waals surface area contributed by atoms with Crippen LogP contribution in [0.1, 0.15) is 36.9 Å². The topological polar surface area (TPSA) is 97.0 Å². The normalized spacial score (nSPS) is 21.4. The largest absolute Gasteiger partial charge is 0.497 e. The van der Waals surface area contributed by atoms with Gasteiger partial charge in [-0.2, -0.15) is 5.10 Å². The summed E-state index contributed by atoms with van der Waals surface area (Å²) in [4.78, 5) is 18.2. The van der Waals surface area contributed by atoms with Crippen LogP contribution >= 0.6 is 8.60 Å². The Balaban J connectivity index is 1.70. The zero-order chi connectivity index (χ0) is 22.0. The SMILES string of the molecule is COc1ccc(-n2nc(C3(O)CCC(OP(O)O)CC3)cc2-c2ccc(C)cc2)cc1. The second-order valence-electron chi connectivity index (χ2n) is 7.98. The number of ether oxygens (including phenoxy) is 1. The van der Waals surface area contributed by atoms with Gasteiger partial charge in [0, 0.05) is 5.56 Å². The molecule has 0 aliphatic heterocycles. The van der Waals surface area contributed by atoms with Gasteiger partial charge in [-0.05, 0) is 62.9 Å². The van der Waals surface area contributed by atoms with Gasteiger partial charge in [-0.3, -0.25) is 0 Å². The number of nitrogens with zero attached hydrogens (tertiary/aromatic N) is 2. The summed E-state index contributed by atoms with van der Waals surface area (Å²) in [7, 11) is -0.758. The van der Waals surface area contributed by atoms with Crippen molar-refractivity contribution in [1.29, 1.82) is 0 Å². The first kappa shape index (κ1) is 21.9. The van der Waals surface area contributed by atoms with Crippen molar-refractivity contribution in [3.8, 4) is 22.7 Å². The van der Waals surface area contributed by atoms with Crippen molar-refractivity contribution in [3.63, 3.8) is 0 Å². The van der Waals surface area contributed by atoms with E-state index in [-0.39, 0.29) is 6.10 Å². The molecule has 31 heavy (non-hydrogen) atoms. The van der Waals surface area contributed by atoms with Crippen LogP contribution in [0.25, 0.3) is 16.9 Å². The molecule has 0 saturated heterocycles. The van der Waals surface area contributed by atoms with Crippen molar-refractivity contribution in [3.05, 3.63) is 65.9 Å². The molecule has 0 unspecified atom stereocenters. The molecule has 0 spiro atoms. The summed E-state index contributed by atoms with van der Waals surface area (Å²) in [6.07, 6.45) is 1.68. The average molecular weight is 442 g/mol. The van der Waals surface area contributed by atoms with Crippen LogP contribution in [0.15, 0.2) is 54.6 Å². The maximum absolute atomic E-state index is 11.4. The lowest BCUT2D eigenvalue weighted by Gasteiger charge is -2.34. The molecule has 0 bridgehead atoms. The van der Waals surface area contributed by atoms with E-state index in [1.54, 1.807) is 7.11 Å². The first-order valence-electron chi connectivity index (χ1n) is 10.3. The van der Waals surface area contributed by atoms with Crippen molar-refractivity contribution < 1.29 is 24.2 Å². The van der Waals surface area contributed by atoms with Crippen molar-refractivity contribution >= 4 is 8.60 Å². The summed E-state index contributed by atoms with van der Waals surface area (Å²) in [6.45, 7) is 2.05.